The maximum atomic E-state index is 12.9. The van der Waals surface area contributed by atoms with Crippen molar-refractivity contribution in [3.63, 3.8) is 0 Å². The van der Waals surface area contributed by atoms with Gasteiger partial charge in [-0.3, -0.25) is 0 Å². The monoisotopic (exact) mass is 170 g/mol. The van der Waals surface area contributed by atoms with Crippen LogP contribution in [-0.2, 0) is 0 Å². The van der Waals surface area contributed by atoms with Gasteiger partial charge in [0.25, 0.3) is 0 Å². The van der Waals surface area contributed by atoms with Crippen LogP contribution in [0.4, 0.5) is 4.39 Å². The van der Waals surface area contributed by atoms with Gasteiger partial charge in [0.15, 0.2) is 0 Å². The lowest BCUT2D eigenvalue weighted by Gasteiger charge is -1.95. The molecule has 1 aromatic rings. The Labute approximate surface area is 70.3 Å². The molecule has 0 fully saturated rings. The van der Waals surface area contributed by atoms with Gasteiger partial charge in [-0.05, 0) is 19.1 Å². The van der Waals surface area contributed by atoms with Crippen molar-refractivity contribution in [2.75, 3.05) is 0 Å². The Bertz CT molecular complexity index is 279. The first-order valence-electron chi connectivity index (χ1n) is 3.32. The number of rotatable bonds is 1. The van der Waals surface area contributed by atoms with Crippen LogP contribution in [0.1, 0.15) is 12.5 Å². The normalized spacial score (nSPS) is 10.8. The molecule has 0 saturated heterocycles. The minimum atomic E-state index is -0.282. The van der Waals surface area contributed by atoms with Gasteiger partial charge in [0, 0.05) is 10.6 Å². The Kier molecular flexibility index (Phi) is 2.66. The molecule has 0 amide bonds. The first-order valence-corrected chi connectivity index (χ1v) is 3.69. The predicted octanol–water partition coefficient (Wildman–Crippen LogP) is 3.51. The third-order valence-electron chi connectivity index (χ3n) is 1.31. The number of halogens is 2. The van der Waals surface area contributed by atoms with Crippen LogP contribution in [0.3, 0.4) is 0 Å². The van der Waals surface area contributed by atoms with E-state index in [-0.39, 0.29) is 5.82 Å². The average Bonchev–Trinajstić information content (AvgIpc) is 1.95. The highest BCUT2D eigenvalue weighted by atomic mass is 35.5. The molecule has 0 unspecified atom stereocenters. The molecule has 0 saturated carbocycles. The summed E-state index contributed by atoms with van der Waals surface area (Å²) in [4.78, 5) is 0. The molecule has 11 heavy (non-hydrogen) atoms. The van der Waals surface area contributed by atoms with Crippen LogP contribution in [0.5, 0.6) is 0 Å². The highest BCUT2D eigenvalue weighted by Crippen LogP contribution is 2.15. The van der Waals surface area contributed by atoms with E-state index in [0.717, 1.165) is 0 Å². The molecule has 2 heteroatoms. The summed E-state index contributed by atoms with van der Waals surface area (Å²) in [6.07, 6.45) is 3.48. The fraction of sp³-hybridized carbons (Fsp3) is 0.111. The number of hydrogen-bond donors (Lipinski definition) is 0. The van der Waals surface area contributed by atoms with Crippen molar-refractivity contribution in [2.45, 2.75) is 6.92 Å². The van der Waals surface area contributed by atoms with E-state index in [0.29, 0.717) is 10.6 Å². The van der Waals surface area contributed by atoms with Crippen molar-refractivity contribution >= 4 is 17.7 Å². The van der Waals surface area contributed by atoms with E-state index in [1.807, 2.05) is 6.92 Å². The number of hydrogen-bond acceptors (Lipinski definition) is 0. The lowest BCUT2D eigenvalue weighted by molar-refractivity contribution is 0.625. The van der Waals surface area contributed by atoms with E-state index in [1.165, 1.54) is 6.07 Å². The summed E-state index contributed by atoms with van der Waals surface area (Å²) in [5.74, 6) is -0.282. The molecule has 1 aromatic carbocycles. The van der Waals surface area contributed by atoms with Gasteiger partial charge in [-0.25, -0.2) is 4.39 Å². The third kappa shape index (κ3) is 2.05. The van der Waals surface area contributed by atoms with E-state index >= 15 is 0 Å². The van der Waals surface area contributed by atoms with Gasteiger partial charge in [-0.1, -0.05) is 29.8 Å². The van der Waals surface area contributed by atoms with Gasteiger partial charge in [0.05, 0.1) is 0 Å². The summed E-state index contributed by atoms with van der Waals surface area (Å²) in [7, 11) is 0. The van der Waals surface area contributed by atoms with E-state index < -0.39 is 0 Å². The first-order chi connectivity index (χ1) is 5.24. The lowest BCUT2D eigenvalue weighted by atomic mass is 10.2. The highest BCUT2D eigenvalue weighted by molar-refractivity contribution is 6.30. The summed E-state index contributed by atoms with van der Waals surface area (Å²) in [5, 5.41) is 0.427. The van der Waals surface area contributed by atoms with Crippen LogP contribution in [0.15, 0.2) is 24.3 Å². The minimum absolute atomic E-state index is 0.282. The number of benzene rings is 1. The zero-order valence-corrected chi connectivity index (χ0v) is 6.90. The van der Waals surface area contributed by atoms with Crippen LogP contribution in [0, 0.1) is 5.82 Å². The van der Waals surface area contributed by atoms with Crippen molar-refractivity contribution in [1.82, 2.24) is 0 Å². The van der Waals surface area contributed by atoms with Crippen LogP contribution in [0.2, 0.25) is 5.02 Å². The Morgan fingerprint density at radius 1 is 1.45 bits per heavy atom. The van der Waals surface area contributed by atoms with Gasteiger partial charge in [0.2, 0.25) is 0 Å². The fourth-order valence-electron chi connectivity index (χ4n) is 0.816. The summed E-state index contributed by atoms with van der Waals surface area (Å²) < 4.78 is 12.9. The van der Waals surface area contributed by atoms with Gasteiger partial charge < -0.3 is 0 Å². The Morgan fingerprint density at radius 3 is 2.73 bits per heavy atom. The van der Waals surface area contributed by atoms with Crippen molar-refractivity contribution in [3.05, 3.63) is 40.7 Å². The van der Waals surface area contributed by atoms with Gasteiger partial charge in [-0.2, -0.15) is 0 Å². The second kappa shape index (κ2) is 3.54. The smallest absolute Gasteiger partial charge is 0.131 e. The molecule has 0 bridgehead atoms. The van der Waals surface area contributed by atoms with Crippen molar-refractivity contribution < 1.29 is 4.39 Å². The predicted molar refractivity (Wildman–Crippen MR) is 46.1 cm³/mol. The standard InChI is InChI=1S/C9H8ClF/c1-2-3-7-4-5-8(10)6-9(7)11/h2-6H,1H3/b3-2+. The van der Waals surface area contributed by atoms with Crippen LogP contribution >= 0.6 is 11.6 Å². The molecule has 0 atom stereocenters. The lowest BCUT2D eigenvalue weighted by Crippen LogP contribution is -1.79. The van der Waals surface area contributed by atoms with Crippen molar-refractivity contribution in [2.24, 2.45) is 0 Å². The second-order valence-corrected chi connectivity index (χ2v) is 2.60. The quantitative estimate of drug-likeness (QED) is 0.605. The molecule has 1 rings (SSSR count). The second-order valence-electron chi connectivity index (χ2n) is 2.17. The molecule has 0 aliphatic carbocycles. The zero-order valence-electron chi connectivity index (χ0n) is 6.14. The van der Waals surface area contributed by atoms with Crippen LogP contribution < -0.4 is 0 Å². The molecule has 0 aliphatic heterocycles. The Morgan fingerprint density at radius 2 is 2.18 bits per heavy atom. The van der Waals surface area contributed by atoms with E-state index in [2.05, 4.69) is 0 Å². The average molecular weight is 171 g/mol. The molecule has 0 aromatic heterocycles. The molecular formula is C9H8ClF. The zero-order chi connectivity index (χ0) is 8.27. The maximum absolute atomic E-state index is 12.9. The fourth-order valence-corrected chi connectivity index (χ4v) is 0.975. The largest absolute Gasteiger partial charge is 0.206 e. The van der Waals surface area contributed by atoms with Crippen molar-refractivity contribution in [3.8, 4) is 0 Å². The molecule has 0 heterocycles. The SMILES string of the molecule is C/C=C/c1ccc(Cl)cc1F. The molecule has 0 nitrogen and oxygen atoms in total. The van der Waals surface area contributed by atoms with Crippen LogP contribution in [-0.4, -0.2) is 0 Å². The molecule has 58 valence electrons. The Hall–Kier alpha value is -0.820. The highest BCUT2D eigenvalue weighted by Gasteiger charge is 1.97. The summed E-state index contributed by atoms with van der Waals surface area (Å²) in [6, 6.07) is 4.62. The summed E-state index contributed by atoms with van der Waals surface area (Å²) >= 11 is 5.55. The molecule has 0 N–H and O–H groups in total. The topological polar surface area (TPSA) is 0 Å². The van der Waals surface area contributed by atoms with E-state index in [4.69, 9.17) is 11.6 Å². The minimum Gasteiger partial charge on any atom is -0.206 e. The summed E-state index contributed by atoms with van der Waals surface area (Å²) in [6.45, 7) is 1.84. The van der Waals surface area contributed by atoms with E-state index in [9.17, 15) is 4.39 Å². The summed E-state index contributed by atoms with van der Waals surface area (Å²) in [5.41, 5.74) is 0.567. The molecule has 0 spiro atoms. The van der Waals surface area contributed by atoms with Crippen LogP contribution in [0.25, 0.3) is 6.08 Å². The molecule has 0 aliphatic rings. The van der Waals surface area contributed by atoms with Crippen molar-refractivity contribution in [1.29, 1.82) is 0 Å². The first kappa shape index (κ1) is 8.28. The van der Waals surface area contributed by atoms with Gasteiger partial charge >= 0.3 is 0 Å². The van der Waals surface area contributed by atoms with E-state index in [1.54, 1.807) is 24.3 Å². The number of allylic oxidation sites excluding steroid dienone is 1. The maximum Gasteiger partial charge on any atom is 0.131 e. The Balaban J connectivity index is 3.09. The third-order valence-corrected chi connectivity index (χ3v) is 1.54. The molecular weight excluding hydrogens is 163 g/mol. The molecule has 0 radical (unpaired) electrons. The van der Waals surface area contributed by atoms with Gasteiger partial charge in [-0.15, -0.1) is 0 Å². The van der Waals surface area contributed by atoms with Gasteiger partial charge in [0.1, 0.15) is 5.82 Å².